The highest BCUT2D eigenvalue weighted by atomic mass is 127. The Morgan fingerprint density at radius 1 is 1.25 bits per heavy atom. The highest BCUT2D eigenvalue weighted by Gasteiger charge is 2.20. The lowest BCUT2D eigenvalue weighted by Gasteiger charge is -2.13. The Bertz CT molecular complexity index is 507. The Hall–Kier alpha value is -0.820. The maximum atomic E-state index is 4.42. The zero-order valence-corrected chi connectivity index (χ0v) is 11.3. The number of hydrogen-bond donors (Lipinski definition) is 0. The van der Waals surface area contributed by atoms with Crippen molar-refractivity contribution in [1.82, 2.24) is 9.97 Å². The lowest BCUT2D eigenvalue weighted by atomic mass is 10.2. The van der Waals surface area contributed by atoms with Gasteiger partial charge in [-0.3, -0.25) is 4.31 Å². The summed E-state index contributed by atoms with van der Waals surface area (Å²) in [6.07, 6.45) is 1.80. The number of fused-ring (bicyclic) bond motifs is 1. The van der Waals surface area contributed by atoms with Gasteiger partial charge >= 0.3 is 0 Å². The molecule has 0 saturated carbocycles. The molecule has 0 amide bonds. The van der Waals surface area contributed by atoms with E-state index < -0.39 is 0 Å². The van der Waals surface area contributed by atoms with Crippen molar-refractivity contribution in [2.75, 3.05) is 4.31 Å². The summed E-state index contributed by atoms with van der Waals surface area (Å²) >= 11 is 3.87. The van der Waals surface area contributed by atoms with Crippen molar-refractivity contribution in [3.63, 3.8) is 0 Å². The fourth-order valence-corrected chi connectivity index (χ4v) is 3.06. The Kier molecular flexibility index (Phi) is 2.72. The van der Waals surface area contributed by atoms with Gasteiger partial charge in [-0.25, -0.2) is 9.97 Å². The summed E-state index contributed by atoms with van der Waals surface area (Å²) in [6, 6.07) is 10.4. The van der Waals surface area contributed by atoms with E-state index in [1.807, 2.05) is 6.07 Å². The van der Waals surface area contributed by atoms with E-state index in [1.54, 1.807) is 18.1 Å². The van der Waals surface area contributed by atoms with Crippen molar-refractivity contribution in [3.05, 3.63) is 45.9 Å². The van der Waals surface area contributed by atoms with Gasteiger partial charge in [0.25, 0.3) is 0 Å². The second kappa shape index (κ2) is 4.21. The first kappa shape index (κ1) is 10.3. The number of anilines is 1. The van der Waals surface area contributed by atoms with Gasteiger partial charge in [-0.2, -0.15) is 0 Å². The lowest BCUT2D eigenvalue weighted by Crippen LogP contribution is -2.09. The first-order valence-electron chi connectivity index (χ1n) is 4.85. The standard InChI is InChI=1S/C11H8IN3S/c12-11-13-6-5-10(14-11)15-7-8-3-1-2-4-9(8)16-15/h1-6H,7H2. The zero-order chi connectivity index (χ0) is 11.0. The summed E-state index contributed by atoms with van der Waals surface area (Å²) in [7, 11) is 0. The molecule has 0 atom stereocenters. The van der Waals surface area contributed by atoms with Crippen LogP contribution in [0.25, 0.3) is 0 Å². The van der Waals surface area contributed by atoms with Gasteiger partial charge < -0.3 is 0 Å². The topological polar surface area (TPSA) is 29.0 Å². The molecular formula is C11H8IN3S. The molecule has 0 radical (unpaired) electrons. The third kappa shape index (κ3) is 1.89. The number of aromatic nitrogens is 2. The minimum atomic E-state index is 0.784. The molecule has 16 heavy (non-hydrogen) atoms. The average molecular weight is 341 g/mol. The van der Waals surface area contributed by atoms with Gasteiger partial charge in [-0.1, -0.05) is 18.2 Å². The minimum Gasteiger partial charge on any atom is -0.292 e. The molecule has 0 fully saturated rings. The fraction of sp³-hybridized carbons (Fsp3) is 0.0909. The van der Waals surface area contributed by atoms with Crippen LogP contribution in [0.5, 0.6) is 0 Å². The van der Waals surface area contributed by atoms with E-state index in [-0.39, 0.29) is 0 Å². The van der Waals surface area contributed by atoms with Gasteiger partial charge in [-0.15, -0.1) is 0 Å². The van der Waals surface area contributed by atoms with Gasteiger partial charge in [0.05, 0.1) is 6.54 Å². The molecule has 5 heteroatoms. The predicted octanol–water partition coefficient (Wildman–Crippen LogP) is 3.11. The van der Waals surface area contributed by atoms with Crippen molar-refractivity contribution < 1.29 is 0 Å². The molecule has 0 N–H and O–H groups in total. The second-order valence-electron chi connectivity index (χ2n) is 3.42. The summed E-state index contributed by atoms with van der Waals surface area (Å²) in [4.78, 5) is 9.83. The molecule has 0 bridgehead atoms. The van der Waals surface area contributed by atoms with Crippen LogP contribution in [0.1, 0.15) is 5.56 Å². The monoisotopic (exact) mass is 341 g/mol. The average Bonchev–Trinajstić information content (AvgIpc) is 2.72. The SMILES string of the molecule is Ic1nccc(N2Cc3ccccc3S2)n1. The Morgan fingerprint density at radius 3 is 2.94 bits per heavy atom. The summed E-state index contributed by atoms with van der Waals surface area (Å²) in [5.41, 5.74) is 1.36. The van der Waals surface area contributed by atoms with Crippen molar-refractivity contribution in [2.45, 2.75) is 11.4 Å². The van der Waals surface area contributed by atoms with Crippen molar-refractivity contribution in [1.29, 1.82) is 0 Å². The van der Waals surface area contributed by atoms with Crippen LogP contribution in [0.3, 0.4) is 0 Å². The van der Waals surface area contributed by atoms with Crippen LogP contribution in [-0.4, -0.2) is 9.97 Å². The first-order valence-corrected chi connectivity index (χ1v) is 6.70. The van der Waals surface area contributed by atoms with Crippen LogP contribution in [0.4, 0.5) is 5.82 Å². The van der Waals surface area contributed by atoms with Crippen LogP contribution in [0.2, 0.25) is 0 Å². The number of hydrogen-bond acceptors (Lipinski definition) is 4. The van der Waals surface area contributed by atoms with Gasteiger partial charge in [0.2, 0.25) is 0 Å². The summed E-state index contributed by atoms with van der Waals surface area (Å²) < 4.78 is 2.97. The molecule has 0 saturated heterocycles. The van der Waals surface area contributed by atoms with Crippen LogP contribution < -0.4 is 4.31 Å². The number of rotatable bonds is 1. The molecule has 1 aliphatic rings. The molecule has 0 spiro atoms. The van der Waals surface area contributed by atoms with E-state index in [2.05, 4.69) is 61.1 Å². The lowest BCUT2D eigenvalue weighted by molar-refractivity contribution is 0.999. The molecule has 0 unspecified atom stereocenters. The minimum absolute atomic E-state index is 0.784. The smallest absolute Gasteiger partial charge is 0.192 e. The molecule has 0 aliphatic carbocycles. The fourth-order valence-electron chi connectivity index (χ4n) is 1.62. The number of benzene rings is 1. The van der Waals surface area contributed by atoms with Crippen LogP contribution in [0.15, 0.2) is 41.4 Å². The molecule has 1 aromatic carbocycles. The quantitative estimate of drug-likeness (QED) is 0.453. The van der Waals surface area contributed by atoms with Gasteiger partial charge in [0, 0.05) is 39.7 Å². The Balaban J connectivity index is 1.91. The normalized spacial score (nSPS) is 13.9. The first-order chi connectivity index (χ1) is 7.83. The Labute approximate surface area is 112 Å². The molecular weight excluding hydrogens is 333 g/mol. The summed E-state index contributed by atoms with van der Waals surface area (Å²) in [5.74, 6) is 0.973. The zero-order valence-electron chi connectivity index (χ0n) is 8.30. The second-order valence-corrected chi connectivity index (χ2v) is 5.45. The molecule has 80 valence electrons. The highest BCUT2D eigenvalue weighted by Crippen LogP contribution is 2.38. The van der Waals surface area contributed by atoms with Gasteiger partial charge in [0.1, 0.15) is 5.82 Å². The van der Waals surface area contributed by atoms with Crippen LogP contribution in [0, 0.1) is 3.83 Å². The summed E-state index contributed by atoms with van der Waals surface area (Å²) in [5, 5.41) is 0. The maximum absolute atomic E-state index is 4.42. The van der Waals surface area contributed by atoms with Crippen molar-refractivity contribution in [2.24, 2.45) is 0 Å². The number of nitrogens with zero attached hydrogens (tertiary/aromatic N) is 3. The predicted molar refractivity (Wildman–Crippen MR) is 73.2 cm³/mol. The Morgan fingerprint density at radius 2 is 2.12 bits per heavy atom. The number of halogens is 1. The van der Waals surface area contributed by atoms with E-state index in [0.29, 0.717) is 0 Å². The molecule has 3 nitrogen and oxygen atoms in total. The molecule has 1 aromatic heterocycles. The third-order valence-electron chi connectivity index (χ3n) is 2.36. The maximum Gasteiger partial charge on any atom is 0.192 e. The highest BCUT2D eigenvalue weighted by molar-refractivity contribution is 14.1. The molecule has 2 heterocycles. The molecule has 3 rings (SSSR count). The van der Waals surface area contributed by atoms with Crippen molar-refractivity contribution >= 4 is 40.4 Å². The molecule has 2 aromatic rings. The van der Waals surface area contributed by atoms with E-state index in [0.717, 1.165) is 16.2 Å². The third-order valence-corrected chi connectivity index (χ3v) is 4.01. The van der Waals surface area contributed by atoms with Crippen LogP contribution in [-0.2, 0) is 6.54 Å². The van der Waals surface area contributed by atoms with E-state index in [9.17, 15) is 0 Å². The summed E-state index contributed by atoms with van der Waals surface area (Å²) in [6.45, 7) is 0.911. The largest absolute Gasteiger partial charge is 0.292 e. The van der Waals surface area contributed by atoms with E-state index in [4.69, 9.17) is 0 Å². The van der Waals surface area contributed by atoms with E-state index in [1.165, 1.54) is 10.5 Å². The van der Waals surface area contributed by atoms with Crippen LogP contribution >= 0.6 is 34.5 Å². The van der Waals surface area contributed by atoms with Gasteiger partial charge in [0.15, 0.2) is 3.83 Å². The molecule has 1 aliphatic heterocycles. The van der Waals surface area contributed by atoms with Gasteiger partial charge in [-0.05, 0) is 23.6 Å². The van der Waals surface area contributed by atoms with E-state index >= 15 is 0 Å². The van der Waals surface area contributed by atoms with Crippen molar-refractivity contribution in [3.8, 4) is 0 Å².